The summed E-state index contributed by atoms with van der Waals surface area (Å²) in [6.07, 6.45) is 0.473. The zero-order valence-corrected chi connectivity index (χ0v) is 8.00. The van der Waals surface area contributed by atoms with Crippen LogP contribution in [-0.4, -0.2) is 5.91 Å². The first kappa shape index (κ1) is 9.18. The molecule has 4 N–H and O–H groups in total. The normalized spacial score (nSPS) is 16.3. The van der Waals surface area contributed by atoms with Gasteiger partial charge in [-0.25, -0.2) is 0 Å². The summed E-state index contributed by atoms with van der Waals surface area (Å²) in [4.78, 5) is 11.1. The molecule has 74 valence electrons. The van der Waals surface area contributed by atoms with Gasteiger partial charge in [-0.3, -0.25) is 16.1 Å². The molecule has 0 bridgehead atoms. The zero-order chi connectivity index (χ0) is 10.1. The topological polar surface area (TPSA) is 67.1 Å². The number of hydrogen-bond donors (Lipinski definition) is 3. The summed E-state index contributed by atoms with van der Waals surface area (Å²) < 4.78 is 0. The van der Waals surface area contributed by atoms with E-state index in [2.05, 4.69) is 10.7 Å². The second-order valence-electron chi connectivity index (χ2n) is 3.53. The van der Waals surface area contributed by atoms with E-state index >= 15 is 0 Å². The minimum Gasteiger partial charge on any atom is -0.326 e. The van der Waals surface area contributed by atoms with Crippen molar-refractivity contribution >= 4 is 11.6 Å². The predicted octanol–water partition coefficient (Wildman–Crippen LogP) is 0.706. The average Bonchev–Trinajstić information content (AvgIpc) is 2.55. The van der Waals surface area contributed by atoms with Crippen LogP contribution in [0, 0.1) is 0 Å². The zero-order valence-electron chi connectivity index (χ0n) is 8.00. The first-order valence-corrected chi connectivity index (χ1v) is 4.59. The Kier molecular flexibility index (Phi) is 2.23. The molecule has 1 aromatic rings. The number of hydrazine groups is 1. The summed E-state index contributed by atoms with van der Waals surface area (Å²) in [5.41, 5.74) is 5.75. The highest BCUT2D eigenvalue weighted by molar-refractivity contribution is 5.99. The van der Waals surface area contributed by atoms with Gasteiger partial charge in [0.25, 0.3) is 0 Å². The molecule has 1 aliphatic rings. The molecule has 1 aromatic carbocycles. The van der Waals surface area contributed by atoms with E-state index in [4.69, 9.17) is 5.84 Å². The molecule has 2 rings (SSSR count). The maximum Gasteiger partial charge on any atom is 0.228 e. The van der Waals surface area contributed by atoms with Gasteiger partial charge in [-0.15, -0.1) is 0 Å². The van der Waals surface area contributed by atoms with Crippen LogP contribution in [0.5, 0.6) is 0 Å². The van der Waals surface area contributed by atoms with E-state index < -0.39 is 0 Å². The molecule has 14 heavy (non-hydrogen) atoms. The molecule has 0 saturated carbocycles. The van der Waals surface area contributed by atoms with Crippen molar-refractivity contribution in [1.29, 1.82) is 0 Å². The number of hydrogen-bond acceptors (Lipinski definition) is 3. The van der Waals surface area contributed by atoms with E-state index in [1.54, 1.807) is 0 Å². The second kappa shape index (κ2) is 3.40. The second-order valence-corrected chi connectivity index (χ2v) is 3.53. The highest BCUT2D eigenvalue weighted by atomic mass is 16.1. The van der Waals surface area contributed by atoms with Crippen molar-refractivity contribution in [2.75, 3.05) is 5.32 Å². The van der Waals surface area contributed by atoms with Crippen LogP contribution in [0.4, 0.5) is 5.69 Å². The molecule has 0 aliphatic carbocycles. The quantitative estimate of drug-likeness (QED) is 0.476. The number of carbonyl (C=O) groups is 1. The molecule has 0 fully saturated rings. The van der Waals surface area contributed by atoms with E-state index in [0.29, 0.717) is 6.42 Å². The molecule has 0 radical (unpaired) electrons. The Morgan fingerprint density at radius 3 is 3.07 bits per heavy atom. The summed E-state index contributed by atoms with van der Waals surface area (Å²) in [5, 5.41) is 2.79. The Labute approximate surface area is 82.5 Å². The molecule has 0 saturated heterocycles. The third-order valence-corrected chi connectivity index (χ3v) is 2.50. The Morgan fingerprint density at radius 1 is 1.57 bits per heavy atom. The van der Waals surface area contributed by atoms with Crippen molar-refractivity contribution in [1.82, 2.24) is 5.43 Å². The number of carbonyl (C=O) groups excluding carboxylic acids is 1. The van der Waals surface area contributed by atoms with Gasteiger partial charge >= 0.3 is 0 Å². The summed E-state index contributed by atoms with van der Waals surface area (Å²) in [5.74, 6) is 5.40. The van der Waals surface area contributed by atoms with E-state index in [9.17, 15) is 4.79 Å². The van der Waals surface area contributed by atoms with Crippen LogP contribution in [0.3, 0.4) is 0 Å². The Bertz CT molecular complexity index is 376. The highest BCUT2D eigenvalue weighted by Gasteiger charge is 2.18. The molecule has 1 aliphatic heterocycles. The van der Waals surface area contributed by atoms with Gasteiger partial charge in [0, 0.05) is 11.7 Å². The van der Waals surface area contributed by atoms with E-state index in [-0.39, 0.29) is 11.9 Å². The van der Waals surface area contributed by atoms with Crippen LogP contribution in [0.1, 0.15) is 24.1 Å². The fourth-order valence-electron chi connectivity index (χ4n) is 1.61. The number of nitrogens with two attached hydrogens (primary N) is 1. The average molecular weight is 191 g/mol. The van der Waals surface area contributed by atoms with Crippen LogP contribution in [0.15, 0.2) is 18.2 Å². The number of nitrogens with one attached hydrogen (secondary N) is 2. The summed E-state index contributed by atoms with van der Waals surface area (Å²) in [7, 11) is 0. The van der Waals surface area contributed by atoms with E-state index in [1.165, 1.54) is 0 Å². The van der Waals surface area contributed by atoms with Crippen LogP contribution in [-0.2, 0) is 11.2 Å². The van der Waals surface area contributed by atoms with Crippen molar-refractivity contribution in [2.45, 2.75) is 19.4 Å². The fraction of sp³-hybridized carbons (Fsp3) is 0.300. The molecular formula is C10H13N3O. The highest BCUT2D eigenvalue weighted by Crippen LogP contribution is 2.25. The molecule has 1 heterocycles. The largest absolute Gasteiger partial charge is 0.326 e. The van der Waals surface area contributed by atoms with Crippen molar-refractivity contribution < 1.29 is 4.79 Å². The summed E-state index contributed by atoms with van der Waals surface area (Å²) in [6.45, 7) is 1.98. The van der Waals surface area contributed by atoms with Crippen molar-refractivity contribution in [3.63, 3.8) is 0 Å². The van der Waals surface area contributed by atoms with Crippen molar-refractivity contribution in [3.05, 3.63) is 29.3 Å². The lowest BCUT2D eigenvalue weighted by molar-refractivity contribution is -0.115. The molecule has 4 heteroatoms. The van der Waals surface area contributed by atoms with Gasteiger partial charge in [0.15, 0.2) is 0 Å². The number of fused-ring (bicyclic) bond motifs is 1. The SMILES string of the molecule is CC(NN)c1ccc2c(c1)CC(=O)N2. The number of benzene rings is 1. The van der Waals surface area contributed by atoms with Crippen LogP contribution in [0.2, 0.25) is 0 Å². The fourth-order valence-corrected chi connectivity index (χ4v) is 1.61. The van der Waals surface area contributed by atoms with Gasteiger partial charge in [-0.2, -0.15) is 0 Å². The lowest BCUT2D eigenvalue weighted by Gasteiger charge is -2.11. The van der Waals surface area contributed by atoms with Crippen LogP contribution in [0.25, 0.3) is 0 Å². The minimum absolute atomic E-state index is 0.0607. The standard InChI is InChI=1S/C10H13N3O/c1-6(13-11)7-2-3-9-8(4-7)5-10(14)12-9/h2-4,6,13H,5,11H2,1H3,(H,12,14). The maximum atomic E-state index is 11.1. The monoisotopic (exact) mass is 191 g/mol. The maximum absolute atomic E-state index is 11.1. The van der Waals surface area contributed by atoms with E-state index in [1.807, 2.05) is 25.1 Å². The molecule has 1 unspecified atom stereocenters. The number of anilines is 1. The Morgan fingerprint density at radius 2 is 2.36 bits per heavy atom. The summed E-state index contributed by atoms with van der Waals surface area (Å²) >= 11 is 0. The Balaban J connectivity index is 2.32. The molecule has 4 nitrogen and oxygen atoms in total. The number of rotatable bonds is 2. The van der Waals surface area contributed by atoms with Crippen LogP contribution >= 0.6 is 0 Å². The van der Waals surface area contributed by atoms with E-state index in [0.717, 1.165) is 16.8 Å². The number of amides is 1. The summed E-state index contributed by atoms with van der Waals surface area (Å²) in [6, 6.07) is 6.01. The first-order valence-electron chi connectivity index (χ1n) is 4.59. The molecule has 0 spiro atoms. The van der Waals surface area contributed by atoms with Crippen molar-refractivity contribution in [2.24, 2.45) is 5.84 Å². The Hall–Kier alpha value is -1.39. The molecule has 0 aromatic heterocycles. The van der Waals surface area contributed by atoms with Gasteiger partial charge in [-0.1, -0.05) is 12.1 Å². The first-order chi connectivity index (χ1) is 6.70. The van der Waals surface area contributed by atoms with Gasteiger partial charge < -0.3 is 5.32 Å². The van der Waals surface area contributed by atoms with Gasteiger partial charge in [0.2, 0.25) is 5.91 Å². The van der Waals surface area contributed by atoms with Crippen molar-refractivity contribution in [3.8, 4) is 0 Å². The van der Waals surface area contributed by atoms with Crippen LogP contribution < -0.4 is 16.6 Å². The minimum atomic E-state index is 0.0607. The third kappa shape index (κ3) is 1.49. The van der Waals surface area contributed by atoms with Gasteiger partial charge in [-0.05, 0) is 24.1 Å². The predicted molar refractivity (Wildman–Crippen MR) is 54.5 cm³/mol. The smallest absolute Gasteiger partial charge is 0.228 e. The lowest BCUT2D eigenvalue weighted by atomic mass is 10.0. The van der Waals surface area contributed by atoms with Gasteiger partial charge in [0.05, 0.1) is 6.42 Å². The molecule has 1 atom stereocenters. The molecule has 1 amide bonds. The molecular weight excluding hydrogens is 178 g/mol. The van der Waals surface area contributed by atoms with Gasteiger partial charge in [0.1, 0.15) is 0 Å². The third-order valence-electron chi connectivity index (χ3n) is 2.50. The lowest BCUT2D eigenvalue weighted by Crippen LogP contribution is -2.25.